The van der Waals surface area contributed by atoms with Crippen LogP contribution in [0.5, 0.6) is 0 Å². The van der Waals surface area contributed by atoms with Crippen LogP contribution in [0.15, 0.2) is 30.3 Å². The third-order valence-electron chi connectivity index (χ3n) is 2.30. The molecule has 4 heteroatoms. The van der Waals surface area contributed by atoms with E-state index in [1.807, 2.05) is 30.3 Å². The zero-order chi connectivity index (χ0) is 10.5. The summed E-state index contributed by atoms with van der Waals surface area (Å²) in [6.45, 7) is 1.67. The fourth-order valence-corrected chi connectivity index (χ4v) is 1.56. The molecule has 1 saturated heterocycles. The maximum absolute atomic E-state index is 11.4. The van der Waals surface area contributed by atoms with Gasteiger partial charge in [-0.3, -0.25) is 5.32 Å². The summed E-state index contributed by atoms with van der Waals surface area (Å²) in [5, 5.41) is 4.36. The molecule has 0 unspecified atom stereocenters. The topological polar surface area (TPSA) is 41.6 Å². The van der Waals surface area contributed by atoms with Gasteiger partial charge < -0.3 is 4.84 Å². The summed E-state index contributed by atoms with van der Waals surface area (Å²) in [4.78, 5) is 16.5. The lowest BCUT2D eigenvalue weighted by Crippen LogP contribution is -2.27. The van der Waals surface area contributed by atoms with E-state index in [0.29, 0.717) is 0 Å². The molecule has 1 heterocycles. The second-order valence-electron chi connectivity index (χ2n) is 3.51. The number of hydrogen-bond donors (Lipinski definition) is 1. The van der Waals surface area contributed by atoms with Gasteiger partial charge in [0.25, 0.3) is 0 Å². The highest BCUT2D eigenvalue weighted by molar-refractivity contribution is 5.84. The van der Waals surface area contributed by atoms with Crippen molar-refractivity contribution in [1.82, 2.24) is 5.06 Å². The van der Waals surface area contributed by atoms with Gasteiger partial charge in [-0.2, -0.15) is 0 Å². The molecular weight excluding hydrogens is 192 g/mol. The SMILES string of the molecule is O=C(Nc1ccccc1)ON1CCCC1. The van der Waals surface area contributed by atoms with Crippen LogP contribution in [0, 0.1) is 0 Å². The third-order valence-corrected chi connectivity index (χ3v) is 2.30. The highest BCUT2D eigenvalue weighted by Gasteiger charge is 2.16. The van der Waals surface area contributed by atoms with E-state index in [1.165, 1.54) is 0 Å². The standard InChI is InChI=1S/C11H14N2O2/c14-11(15-13-8-4-5-9-13)12-10-6-2-1-3-7-10/h1-3,6-7H,4-5,8-9H2,(H,12,14). The number of hydrogen-bond acceptors (Lipinski definition) is 3. The molecule has 0 saturated carbocycles. The number of benzene rings is 1. The van der Waals surface area contributed by atoms with Crippen molar-refractivity contribution in [2.24, 2.45) is 0 Å². The highest BCUT2D eigenvalue weighted by atomic mass is 16.7. The molecule has 80 valence electrons. The average Bonchev–Trinajstić information content (AvgIpc) is 2.71. The molecule has 1 aromatic carbocycles. The summed E-state index contributed by atoms with van der Waals surface area (Å²) in [5.41, 5.74) is 0.752. The smallest absolute Gasteiger partial charge is 0.351 e. The Morgan fingerprint density at radius 2 is 1.87 bits per heavy atom. The molecule has 1 amide bonds. The van der Waals surface area contributed by atoms with E-state index in [9.17, 15) is 4.79 Å². The predicted octanol–water partition coefficient (Wildman–Crippen LogP) is 2.25. The molecule has 0 aliphatic carbocycles. The van der Waals surface area contributed by atoms with Crippen LogP contribution in [0.2, 0.25) is 0 Å². The molecule has 4 nitrogen and oxygen atoms in total. The molecule has 0 bridgehead atoms. The first-order chi connectivity index (χ1) is 7.34. The Bertz CT molecular complexity index is 321. The van der Waals surface area contributed by atoms with Crippen molar-refractivity contribution in [3.05, 3.63) is 30.3 Å². The van der Waals surface area contributed by atoms with Gasteiger partial charge in [0.15, 0.2) is 0 Å². The summed E-state index contributed by atoms with van der Waals surface area (Å²) < 4.78 is 0. The molecule has 1 fully saturated rings. The number of hydroxylamine groups is 2. The van der Waals surface area contributed by atoms with Gasteiger partial charge in [-0.05, 0) is 25.0 Å². The van der Waals surface area contributed by atoms with Crippen LogP contribution in [-0.4, -0.2) is 24.2 Å². The minimum Gasteiger partial charge on any atom is -0.351 e. The number of para-hydroxylation sites is 1. The van der Waals surface area contributed by atoms with Crippen molar-refractivity contribution in [3.8, 4) is 0 Å². The maximum Gasteiger partial charge on any atom is 0.430 e. The minimum atomic E-state index is -0.414. The molecule has 2 rings (SSSR count). The first-order valence-corrected chi connectivity index (χ1v) is 5.13. The van der Waals surface area contributed by atoms with Gasteiger partial charge in [-0.25, -0.2) is 4.79 Å². The maximum atomic E-state index is 11.4. The average molecular weight is 206 g/mol. The van der Waals surface area contributed by atoms with Gasteiger partial charge >= 0.3 is 6.09 Å². The molecule has 15 heavy (non-hydrogen) atoms. The fourth-order valence-electron chi connectivity index (χ4n) is 1.56. The van der Waals surface area contributed by atoms with Crippen molar-refractivity contribution >= 4 is 11.8 Å². The van der Waals surface area contributed by atoms with E-state index in [1.54, 1.807) is 5.06 Å². The van der Waals surface area contributed by atoms with Crippen LogP contribution in [0.1, 0.15) is 12.8 Å². The van der Waals surface area contributed by atoms with Crippen LogP contribution in [0.4, 0.5) is 10.5 Å². The first kappa shape index (κ1) is 9.98. The zero-order valence-corrected chi connectivity index (χ0v) is 8.48. The molecule has 1 aliphatic heterocycles. The summed E-state index contributed by atoms with van der Waals surface area (Å²) in [6.07, 6.45) is 1.78. The third kappa shape index (κ3) is 2.95. The van der Waals surface area contributed by atoms with Gasteiger partial charge in [-0.1, -0.05) is 18.2 Å². The lowest BCUT2D eigenvalue weighted by Gasteiger charge is -2.14. The molecule has 1 aliphatic rings. The number of carbonyl (C=O) groups is 1. The molecule has 0 radical (unpaired) electrons. The van der Waals surface area contributed by atoms with Crippen LogP contribution in [-0.2, 0) is 4.84 Å². The molecule has 0 spiro atoms. The van der Waals surface area contributed by atoms with Crippen molar-refractivity contribution in [1.29, 1.82) is 0 Å². The fraction of sp³-hybridized carbons (Fsp3) is 0.364. The summed E-state index contributed by atoms with van der Waals surface area (Å²) in [7, 11) is 0. The lowest BCUT2D eigenvalue weighted by molar-refractivity contribution is -0.0738. The molecule has 0 atom stereocenters. The van der Waals surface area contributed by atoms with Crippen LogP contribution < -0.4 is 5.32 Å². The summed E-state index contributed by atoms with van der Waals surface area (Å²) in [5.74, 6) is 0. The Hall–Kier alpha value is -1.55. The quantitative estimate of drug-likeness (QED) is 0.806. The Morgan fingerprint density at radius 1 is 1.20 bits per heavy atom. The Balaban J connectivity index is 1.82. The van der Waals surface area contributed by atoms with Crippen LogP contribution in [0.3, 0.4) is 0 Å². The van der Waals surface area contributed by atoms with E-state index in [2.05, 4.69) is 5.32 Å². The molecule has 1 N–H and O–H groups in total. The Morgan fingerprint density at radius 3 is 2.53 bits per heavy atom. The second-order valence-corrected chi connectivity index (χ2v) is 3.51. The summed E-state index contributed by atoms with van der Waals surface area (Å²) in [6, 6.07) is 9.28. The van der Waals surface area contributed by atoms with Crippen molar-refractivity contribution in [3.63, 3.8) is 0 Å². The van der Waals surface area contributed by atoms with Crippen LogP contribution in [0.25, 0.3) is 0 Å². The van der Waals surface area contributed by atoms with E-state index in [-0.39, 0.29) is 0 Å². The lowest BCUT2D eigenvalue weighted by atomic mass is 10.3. The van der Waals surface area contributed by atoms with Crippen molar-refractivity contribution in [2.75, 3.05) is 18.4 Å². The predicted molar refractivity (Wildman–Crippen MR) is 57.4 cm³/mol. The van der Waals surface area contributed by atoms with Crippen LogP contribution >= 0.6 is 0 Å². The van der Waals surface area contributed by atoms with E-state index in [0.717, 1.165) is 31.6 Å². The number of nitrogens with zero attached hydrogens (tertiary/aromatic N) is 1. The second kappa shape index (κ2) is 4.79. The molecular formula is C11H14N2O2. The largest absolute Gasteiger partial charge is 0.430 e. The van der Waals surface area contributed by atoms with Gasteiger partial charge in [0.1, 0.15) is 0 Å². The highest BCUT2D eigenvalue weighted by Crippen LogP contribution is 2.10. The Kier molecular flexibility index (Phi) is 3.19. The van der Waals surface area contributed by atoms with Crippen molar-refractivity contribution in [2.45, 2.75) is 12.8 Å². The first-order valence-electron chi connectivity index (χ1n) is 5.13. The number of amides is 1. The van der Waals surface area contributed by atoms with Gasteiger partial charge in [0.2, 0.25) is 0 Å². The Labute approximate surface area is 88.8 Å². The number of anilines is 1. The van der Waals surface area contributed by atoms with Gasteiger partial charge in [0.05, 0.1) is 0 Å². The minimum absolute atomic E-state index is 0.414. The van der Waals surface area contributed by atoms with E-state index < -0.39 is 6.09 Å². The molecule has 1 aromatic rings. The van der Waals surface area contributed by atoms with Gasteiger partial charge in [-0.15, -0.1) is 5.06 Å². The van der Waals surface area contributed by atoms with Gasteiger partial charge in [0, 0.05) is 18.8 Å². The monoisotopic (exact) mass is 206 g/mol. The number of nitrogens with one attached hydrogen (secondary N) is 1. The van der Waals surface area contributed by atoms with Crippen molar-refractivity contribution < 1.29 is 9.63 Å². The summed E-state index contributed by atoms with van der Waals surface area (Å²) >= 11 is 0. The molecule has 0 aromatic heterocycles. The number of carbonyl (C=O) groups excluding carboxylic acids is 1. The number of rotatable bonds is 2. The van der Waals surface area contributed by atoms with E-state index >= 15 is 0 Å². The zero-order valence-electron chi connectivity index (χ0n) is 8.48. The normalized spacial score (nSPS) is 16.3. The van der Waals surface area contributed by atoms with E-state index in [4.69, 9.17) is 4.84 Å².